The normalized spacial score (nSPS) is 12.2. The van der Waals surface area contributed by atoms with Crippen LogP contribution < -0.4 is 4.31 Å². The Labute approximate surface area is 142 Å². The van der Waals surface area contributed by atoms with Crippen molar-refractivity contribution in [3.8, 4) is 0 Å². The Morgan fingerprint density at radius 3 is 2.50 bits per heavy atom. The molecule has 0 saturated carbocycles. The van der Waals surface area contributed by atoms with Gasteiger partial charge in [-0.05, 0) is 30.7 Å². The summed E-state index contributed by atoms with van der Waals surface area (Å²) >= 11 is 10.1. The molecule has 0 aliphatic carbocycles. The Morgan fingerprint density at radius 1 is 1.41 bits per heavy atom. The summed E-state index contributed by atoms with van der Waals surface area (Å²) < 4.78 is 23.9. The number of carboxylic acid groups (broad SMARTS) is 1. The van der Waals surface area contributed by atoms with Gasteiger partial charge in [-0.1, -0.05) is 23.2 Å². The van der Waals surface area contributed by atoms with Gasteiger partial charge in [0, 0.05) is 21.3 Å². The zero-order valence-corrected chi connectivity index (χ0v) is 14.2. The van der Waals surface area contributed by atoms with Crippen LogP contribution in [0, 0.1) is 6.92 Å². The molecule has 0 spiro atoms. The van der Waals surface area contributed by atoms with Crippen molar-refractivity contribution in [2.75, 3.05) is 4.31 Å². The monoisotopic (exact) mass is 379 g/mol. The second kappa shape index (κ2) is 6.93. The first-order chi connectivity index (χ1) is 10.3. The van der Waals surface area contributed by atoms with Crippen molar-refractivity contribution in [1.29, 1.82) is 0 Å². The topological polar surface area (TPSA) is 93.6 Å². The Kier molecular flexibility index (Phi) is 5.41. The van der Waals surface area contributed by atoms with Gasteiger partial charge in [0.25, 0.3) is 0 Å². The number of hydrogen-bond donors (Lipinski definition) is 1. The summed E-state index contributed by atoms with van der Waals surface area (Å²) in [6, 6.07) is 4.63. The van der Waals surface area contributed by atoms with E-state index in [0.717, 1.165) is 15.6 Å². The molecular weight excluding hydrogens is 371 g/mol. The van der Waals surface area contributed by atoms with Crippen molar-refractivity contribution >= 4 is 56.8 Å². The molecule has 0 radical (unpaired) electrons. The highest BCUT2D eigenvalue weighted by Gasteiger charge is 2.22. The van der Waals surface area contributed by atoms with Gasteiger partial charge in [-0.15, -0.1) is 11.3 Å². The molecule has 1 unspecified atom stereocenters. The molecule has 118 valence electrons. The van der Waals surface area contributed by atoms with Gasteiger partial charge in [-0.2, -0.15) is 0 Å². The van der Waals surface area contributed by atoms with Gasteiger partial charge < -0.3 is 9.66 Å². The van der Waals surface area contributed by atoms with Crippen LogP contribution in [-0.4, -0.2) is 24.8 Å². The molecule has 0 fully saturated rings. The lowest BCUT2D eigenvalue weighted by Crippen LogP contribution is -2.25. The third-order valence-electron chi connectivity index (χ3n) is 2.57. The molecule has 0 amide bonds. The van der Waals surface area contributed by atoms with Crippen molar-refractivity contribution in [3.05, 3.63) is 44.5 Å². The smallest absolute Gasteiger partial charge is 0.357 e. The molecule has 1 heterocycles. The van der Waals surface area contributed by atoms with Gasteiger partial charge in [0.2, 0.25) is 0 Å². The minimum absolute atomic E-state index is 0.0365. The van der Waals surface area contributed by atoms with Crippen molar-refractivity contribution in [3.63, 3.8) is 0 Å². The van der Waals surface area contributed by atoms with Gasteiger partial charge >= 0.3 is 5.97 Å². The highest BCUT2D eigenvalue weighted by molar-refractivity contribution is 7.80. The van der Waals surface area contributed by atoms with E-state index in [1.54, 1.807) is 19.1 Å². The predicted molar refractivity (Wildman–Crippen MR) is 85.4 cm³/mol. The molecule has 0 aliphatic rings. The zero-order chi connectivity index (χ0) is 16.4. The van der Waals surface area contributed by atoms with Gasteiger partial charge in [0.05, 0.1) is 11.6 Å². The van der Waals surface area contributed by atoms with Gasteiger partial charge in [0.15, 0.2) is 5.69 Å². The Balaban J connectivity index is 2.43. The molecule has 1 aromatic heterocycles. The highest BCUT2D eigenvalue weighted by Crippen LogP contribution is 2.31. The van der Waals surface area contributed by atoms with Crippen molar-refractivity contribution in [2.24, 2.45) is 0 Å². The number of aromatic carboxylic acids is 1. The van der Waals surface area contributed by atoms with Crippen LogP contribution in [0.1, 0.15) is 21.1 Å². The number of halogens is 2. The molecule has 0 bridgehead atoms. The van der Waals surface area contributed by atoms with E-state index >= 15 is 0 Å². The summed E-state index contributed by atoms with van der Waals surface area (Å²) in [5.41, 5.74) is 0.226. The number of carbonyl (C=O) groups is 1. The van der Waals surface area contributed by atoms with Crippen molar-refractivity contribution in [1.82, 2.24) is 4.98 Å². The van der Waals surface area contributed by atoms with Crippen LogP contribution in [0.3, 0.4) is 0 Å². The van der Waals surface area contributed by atoms with Gasteiger partial charge in [-0.3, -0.25) is 8.51 Å². The fourth-order valence-electron chi connectivity index (χ4n) is 1.78. The average Bonchev–Trinajstić information content (AvgIpc) is 2.76. The number of carboxylic acids is 1. The third-order valence-corrected chi connectivity index (χ3v) is 4.79. The molecule has 1 atom stereocenters. The van der Waals surface area contributed by atoms with Crippen LogP contribution in [0.5, 0.6) is 0 Å². The lowest BCUT2D eigenvalue weighted by Gasteiger charge is -2.25. The quantitative estimate of drug-likeness (QED) is 0.804. The number of thiazole rings is 1. The molecule has 0 saturated heterocycles. The summed E-state index contributed by atoms with van der Waals surface area (Å²) in [5, 5.41) is 10.3. The first-order valence-electron chi connectivity index (χ1n) is 5.80. The molecule has 2 aromatic rings. The number of aromatic nitrogens is 1. The van der Waals surface area contributed by atoms with Gasteiger partial charge in [0.1, 0.15) is 5.00 Å². The summed E-state index contributed by atoms with van der Waals surface area (Å²) in [4.78, 5) is 15.0. The first-order valence-corrected chi connectivity index (χ1v) is 8.41. The van der Waals surface area contributed by atoms with E-state index < -0.39 is 17.2 Å². The molecule has 1 aromatic carbocycles. The number of benzene rings is 1. The number of anilines is 1. The van der Waals surface area contributed by atoms with Crippen LogP contribution >= 0.6 is 34.5 Å². The van der Waals surface area contributed by atoms with E-state index in [9.17, 15) is 13.6 Å². The lowest BCUT2D eigenvalue weighted by atomic mass is 10.2. The maximum atomic E-state index is 11.5. The minimum Gasteiger partial charge on any atom is -0.755 e. The van der Waals surface area contributed by atoms with Crippen LogP contribution in [0.15, 0.2) is 18.2 Å². The van der Waals surface area contributed by atoms with E-state index in [0.29, 0.717) is 20.6 Å². The van der Waals surface area contributed by atoms with Crippen LogP contribution in [0.4, 0.5) is 5.00 Å². The second-order valence-electron chi connectivity index (χ2n) is 4.22. The van der Waals surface area contributed by atoms with E-state index in [1.807, 2.05) is 0 Å². The summed E-state index contributed by atoms with van der Waals surface area (Å²) in [6.45, 7) is 1.50. The van der Waals surface area contributed by atoms with Crippen LogP contribution in [0.2, 0.25) is 10.0 Å². The molecule has 10 heteroatoms. The third kappa shape index (κ3) is 3.96. The van der Waals surface area contributed by atoms with E-state index in [1.165, 1.54) is 6.07 Å². The zero-order valence-electron chi connectivity index (χ0n) is 11.1. The molecular formula is C12H9Cl2N2O4S2-. The van der Waals surface area contributed by atoms with Crippen molar-refractivity contribution in [2.45, 2.75) is 13.5 Å². The molecule has 22 heavy (non-hydrogen) atoms. The van der Waals surface area contributed by atoms with E-state index in [-0.39, 0.29) is 17.2 Å². The average molecular weight is 380 g/mol. The largest absolute Gasteiger partial charge is 0.755 e. The second-order valence-corrected chi connectivity index (χ2v) is 7.15. The van der Waals surface area contributed by atoms with Gasteiger partial charge in [-0.25, -0.2) is 9.78 Å². The number of rotatable bonds is 5. The fraction of sp³-hybridized carbons (Fsp3) is 0.167. The molecule has 2 rings (SSSR count). The lowest BCUT2D eigenvalue weighted by molar-refractivity contribution is 0.0692. The fourth-order valence-corrected chi connectivity index (χ4v) is 3.94. The number of hydrogen-bond acceptors (Lipinski definition) is 5. The summed E-state index contributed by atoms with van der Waals surface area (Å²) in [6.07, 6.45) is 0. The maximum absolute atomic E-state index is 11.5. The van der Waals surface area contributed by atoms with Crippen molar-refractivity contribution < 1.29 is 18.7 Å². The maximum Gasteiger partial charge on any atom is 0.357 e. The Bertz CT molecular complexity index is 730. The minimum atomic E-state index is -2.68. The molecule has 6 nitrogen and oxygen atoms in total. The first kappa shape index (κ1) is 17.2. The number of nitrogens with zero attached hydrogens (tertiary/aromatic N) is 2. The Morgan fingerprint density at radius 2 is 2.00 bits per heavy atom. The summed E-state index contributed by atoms with van der Waals surface area (Å²) in [5.74, 6) is -1.29. The van der Waals surface area contributed by atoms with E-state index in [4.69, 9.17) is 28.3 Å². The SMILES string of the molecule is Cc1nc(C(=O)O)c(N(Cc2cc(Cl)cc(Cl)c2)S(=O)[O-])s1. The van der Waals surface area contributed by atoms with E-state index in [2.05, 4.69) is 4.98 Å². The molecule has 1 N–H and O–H groups in total. The number of aryl methyl sites for hydroxylation is 1. The predicted octanol–water partition coefficient (Wildman–Crippen LogP) is 3.26. The van der Waals surface area contributed by atoms with Crippen LogP contribution in [-0.2, 0) is 17.8 Å². The Hall–Kier alpha value is -1.19. The van der Waals surface area contributed by atoms with Crippen LogP contribution in [0.25, 0.3) is 0 Å². The standard InChI is InChI=1S/C12H10Cl2N2O4S2/c1-6-15-10(12(17)18)11(21-6)16(22(19)20)5-7-2-8(13)4-9(14)3-7/h2-4H,5H2,1H3,(H,17,18)(H,19,20)/p-1. The molecule has 0 aliphatic heterocycles. The summed E-state index contributed by atoms with van der Waals surface area (Å²) in [7, 11) is 0. The highest BCUT2D eigenvalue weighted by atomic mass is 35.5.